The molecule has 0 aliphatic carbocycles. The van der Waals surface area contributed by atoms with Crippen LogP contribution in [0.2, 0.25) is 0 Å². The van der Waals surface area contributed by atoms with Crippen molar-refractivity contribution in [2.45, 2.75) is 32.7 Å². The number of rotatable bonds is 4. The minimum absolute atomic E-state index is 0.0974. The molecule has 5 nitrogen and oxygen atoms in total. The molecule has 1 saturated heterocycles. The summed E-state index contributed by atoms with van der Waals surface area (Å²) in [6, 6.07) is 13.3. The highest BCUT2D eigenvalue weighted by molar-refractivity contribution is 7.91. The van der Waals surface area contributed by atoms with Gasteiger partial charge >= 0.3 is 0 Å². The molecule has 1 heterocycles. The third-order valence-corrected chi connectivity index (χ3v) is 6.65. The molecule has 138 valence electrons. The van der Waals surface area contributed by atoms with Gasteiger partial charge < -0.3 is 10.6 Å². The number of nitrogens with one attached hydrogen (secondary N) is 2. The fraction of sp³-hybridized carbons (Fsp3) is 0.350. The Bertz CT molecular complexity index is 908. The van der Waals surface area contributed by atoms with Gasteiger partial charge in [-0.05, 0) is 56.0 Å². The number of sulfone groups is 1. The van der Waals surface area contributed by atoms with Gasteiger partial charge in [-0.2, -0.15) is 0 Å². The van der Waals surface area contributed by atoms with Crippen LogP contribution in [0.4, 0.5) is 11.4 Å². The molecule has 0 spiro atoms. The Morgan fingerprint density at radius 1 is 0.962 bits per heavy atom. The van der Waals surface area contributed by atoms with Crippen molar-refractivity contribution in [3.05, 3.63) is 59.2 Å². The highest BCUT2D eigenvalue weighted by atomic mass is 32.2. The Labute approximate surface area is 154 Å². The molecule has 1 aliphatic rings. The average molecular weight is 372 g/mol. The van der Waals surface area contributed by atoms with Gasteiger partial charge in [-0.1, -0.05) is 24.3 Å². The topological polar surface area (TPSA) is 75.3 Å². The molecular weight excluding hydrogens is 348 g/mol. The summed E-state index contributed by atoms with van der Waals surface area (Å²) >= 11 is 0. The number of carbonyl (C=O) groups is 1. The molecule has 0 aromatic heterocycles. The lowest BCUT2D eigenvalue weighted by Crippen LogP contribution is -2.41. The van der Waals surface area contributed by atoms with Gasteiger partial charge in [0, 0.05) is 11.7 Å². The molecule has 0 atom stereocenters. The number of hydrogen-bond donors (Lipinski definition) is 2. The van der Waals surface area contributed by atoms with Gasteiger partial charge in [0.05, 0.1) is 22.8 Å². The molecule has 26 heavy (non-hydrogen) atoms. The first-order valence-corrected chi connectivity index (χ1v) is 10.6. The second-order valence-electron chi connectivity index (χ2n) is 6.82. The molecule has 2 N–H and O–H groups in total. The van der Waals surface area contributed by atoms with E-state index in [1.54, 1.807) is 6.07 Å². The highest BCUT2D eigenvalue weighted by Gasteiger charge is 2.25. The van der Waals surface area contributed by atoms with Crippen molar-refractivity contribution in [2.24, 2.45) is 0 Å². The maximum absolute atomic E-state index is 12.7. The van der Waals surface area contributed by atoms with Crippen LogP contribution >= 0.6 is 0 Å². The summed E-state index contributed by atoms with van der Waals surface area (Å²) in [7, 11) is -2.94. The maximum Gasteiger partial charge on any atom is 0.253 e. The summed E-state index contributed by atoms with van der Waals surface area (Å²) in [4.78, 5) is 12.7. The van der Waals surface area contributed by atoms with Crippen molar-refractivity contribution in [2.75, 3.05) is 16.8 Å². The molecule has 0 radical (unpaired) electrons. The molecule has 0 bridgehead atoms. The number of aryl methyl sites for hydroxylation is 1. The van der Waals surface area contributed by atoms with E-state index in [1.165, 1.54) is 5.56 Å². The van der Waals surface area contributed by atoms with Crippen molar-refractivity contribution in [1.82, 2.24) is 5.32 Å². The largest absolute Gasteiger partial charge is 0.355 e. The summed E-state index contributed by atoms with van der Waals surface area (Å²) in [5.41, 5.74) is 4.58. The summed E-state index contributed by atoms with van der Waals surface area (Å²) in [6.07, 6.45) is 0.946. The maximum atomic E-state index is 12.7. The van der Waals surface area contributed by atoms with E-state index in [0.717, 1.165) is 16.9 Å². The normalized spacial score (nSPS) is 16.8. The van der Waals surface area contributed by atoms with Gasteiger partial charge in [0.15, 0.2) is 0 Å². The molecule has 1 fully saturated rings. The standard InChI is InChI=1S/C20H24N2O3S/c1-14-6-5-9-18(15(14)2)22-19-8-4-3-7-17(19)20(23)21-16-10-12-26(24,25)13-11-16/h3-9,16,22H,10-13H2,1-2H3,(H,21,23). The quantitative estimate of drug-likeness (QED) is 0.863. The Morgan fingerprint density at radius 3 is 2.35 bits per heavy atom. The zero-order chi connectivity index (χ0) is 18.7. The van der Waals surface area contributed by atoms with Gasteiger partial charge in [-0.25, -0.2) is 8.42 Å². The molecular formula is C20H24N2O3S. The van der Waals surface area contributed by atoms with Crippen molar-refractivity contribution in [1.29, 1.82) is 0 Å². The molecule has 0 saturated carbocycles. The first-order valence-electron chi connectivity index (χ1n) is 8.79. The van der Waals surface area contributed by atoms with Crippen LogP contribution in [0.5, 0.6) is 0 Å². The van der Waals surface area contributed by atoms with E-state index in [2.05, 4.69) is 23.6 Å². The van der Waals surface area contributed by atoms with Gasteiger partial charge in [0.25, 0.3) is 5.91 Å². The van der Waals surface area contributed by atoms with Crippen LogP contribution < -0.4 is 10.6 Å². The summed E-state index contributed by atoms with van der Waals surface area (Å²) in [5, 5.41) is 6.34. The second-order valence-corrected chi connectivity index (χ2v) is 9.12. The first-order chi connectivity index (χ1) is 12.4. The average Bonchev–Trinajstić information content (AvgIpc) is 2.61. The predicted octanol–water partition coefficient (Wildman–Crippen LogP) is 3.35. The minimum atomic E-state index is -2.94. The van der Waals surface area contributed by atoms with Gasteiger partial charge in [0.2, 0.25) is 0 Å². The van der Waals surface area contributed by atoms with E-state index < -0.39 is 9.84 Å². The van der Waals surface area contributed by atoms with E-state index in [9.17, 15) is 13.2 Å². The summed E-state index contributed by atoms with van der Waals surface area (Å²) < 4.78 is 23.1. The van der Waals surface area contributed by atoms with Crippen LogP contribution in [0, 0.1) is 13.8 Å². The third kappa shape index (κ3) is 4.25. The fourth-order valence-corrected chi connectivity index (χ4v) is 4.61. The molecule has 0 unspecified atom stereocenters. The van der Waals surface area contributed by atoms with Crippen LogP contribution in [0.15, 0.2) is 42.5 Å². The lowest BCUT2D eigenvalue weighted by atomic mass is 10.1. The second kappa shape index (κ2) is 7.50. The van der Waals surface area contributed by atoms with Crippen LogP contribution in [0.1, 0.15) is 34.3 Å². The zero-order valence-electron chi connectivity index (χ0n) is 15.1. The molecule has 6 heteroatoms. The Balaban J connectivity index is 1.76. The minimum Gasteiger partial charge on any atom is -0.355 e. The van der Waals surface area contributed by atoms with E-state index in [-0.39, 0.29) is 23.5 Å². The van der Waals surface area contributed by atoms with E-state index in [1.807, 2.05) is 37.3 Å². The van der Waals surface area contributed by atoms with E-state index in [4.69, 9.17) is 0 Å². The van der Waals surface area contributed by atoms with Crippen molar-refractivity contribution >= 4 is 27.1 Å². The number of anilines is 2. The Morgan fingerprint density at radius 2 is 1.62 bits per heavy atom. The van der Waals surface area contributed by atoms with E-state index in [0.29, 0.717) is 18.4 Å². The van der Waals surface area contributed by atoms with Gasteiger partial charge in [-0.3, -0.25) is 4.79 Å². The van der Waals surface area contributed by atoms with Gasteiger partial charge in [0.1, 0.15) is 9.84 Å². The highest BCUT2D eigenvalue weighted by Crippen LogP contribution is 2.25. The van der Waals surface area contributed by atoms with Crippen LogP contribution in [-0.4, -0.2) is 31.9 Å². The SMILES string of the molecule is Cc1cccc(Nc2ccccc2C(=O)NC2CCS(=O)(=O)CC2)c1C. The number of benzene rings is 2. The Hall–Kier alpha value is -2.34. The van der Waals surface area contributed by atoms with Crippen LogP contribution in [0.25, 0.3) is 0 Å². The zero-order valence-corrected chi connectivity index (χ0v) is 15.9. The van der Waals surface area contributed by atoms with Crippen molar-refractivity contribution in [3.8, 4) is 0 Å². The predicted molar refractivity (Wildman–Crippen MR) is 105 cm³/mol. The molecule has 1 amide bonds. The number of para-hydroxylation sites is 1. The summed E-state index contributed by atoms with van der Waals surface area (Å²) in [6.45, 7) is 4.10. The molecule has 3 rings (SSSR count). The monoisotopic (exact) mass is 372 g/mol. The number of carbonyl (C=O) groups excluding carboxylic acids is 1. The fourth-order valence-electron chi connectivity index (χ4n) is 3.12. The summed E-state index contributed by atoms with van der Waals surface area (Å²) in [5.74, 6) is 0.100. The Kier molecular flexibility index (Phi) is 5.32. The van der Waals surface area contributed by atoms with Crippen LogP contribution in [-0.2, 0) is 9.84 Å². The van der Waals surface area contributed by atoms with Crippen molar-refractivity contribution in [3.63, 3.8) is 0 Å². The lowest BCUT2D eigenvalue weighted by Gasteiger charge is -2.23. The van der Waals surface area contributed by atoms with Crippen LogP contribution in [0.3, 0.4) is 0 Å². The van der Waals surface area contributed by atoms with E-state index >= 15 is 0 Å². The number of hydrogen-bond acceptors (Lipinski definition) is 4. The smallest absolute Gasteiger partial charge is 0.253 e. The molecule has 1 aliphatic heterocycles. The lowest BCUT2D eigenvalue weighted by molar-refractivity contribution is 0.0935. The number of amides is 1. The van der Waals surface area contributed by atoms with Crippen molar-refractivity contribution < 1.29 is 13.2 Å². The molecule has 2 aromatic rings. The molecule has 2 aromatic carbocycles. The third-order valence-electron chi connectivity index (χ3n) is 4.94. The van der Waals surface area contributed by atoms with Gasteiger partial charge in [-0.15, -0.1) is 0 Å². The first kappa shape index (κ1) is 18.5.